The SMILES string of the molecule is CC1(C)CC(=O)C2=C(C1)OC(n1cccc1)=C(C#N)[C@@H]2c1ccc(O)cc1. The van der Waals surface area contributed by atoms with Gasteiger partial charge in [-0.25, -0.2) is 0 Å². The molecule has 0 saturated carbocycles. The van der Waals surface area contributed by atoms with Crippen LogP contribution >= 0.6 is 0 Å². The summed E-state index contributed by atoms with van der Waals surface area (Å²) in [7, 11) is 0. The number of nitriles is 1. The van der Waals surface area contributed by atoms with E-state index in [1.807, 2.05) is 38.4 Å². The molecular weight excluding hydrogens is 340 g/mol. The van der Waals surface area contributed by atoms with Crippen molar-refractivity contribution in [2.24, 2.45) is 5.41 Å². The summed E-state index contributed by atoms with van der Waals surface area (Å²) in [6.45, 7) is 4.10. The van der Waals surface area contributed by atoms with Crippen LogP contribution in [-0.2, 0) is 9.53 Å². The van der Waals surface area contributed by atoms with E-state index >= 15 is 0 Å². The summed E-state index contributed by atoms with van der Waals surface area (Å²) in [6, 6.07) is 12.7. The van der Waals surface area contributed by atoms with Gasteiger partial charge in [-0.15, -0.1) is 0 Å². The summed E-state index contributed by atoms with van der Waals surface area (Å²) in [6.07, 6.45) is 4.69. The first kappa shape index (κ1) is 17.2. The van der Waals surface area contributed by atoms with Crippen LogP contribution in [0.15, 0.2) is 65.7 Å². The zero-order valence-corrected chi connectivity index (χ0v) is 15.3. The van der Waals surface area contributed by atoms with Gasteiger partial charge in [0.1, 0.15) is 23.2 Å². The number of Topliss-reactive ketones (excluding diaryl/α,β-unsaturated/α-hetero) is 1. The fourth-order valence-corrected chi connectivity index (χ4v) is 3.90. The van der Waals surface area contributed by atoms with Crippen LogP contribution in [0.1, 0.15) is 38.2 Å². The number of carbonyl (C=O) groups excluding carboxylic acids is 1. The van der Waals surface area contributed by atoms with Gasteiger partial charge in [0.2, 0.25) is 5.88 Å². The van der Waals surface area contributed by atoms with Gasteiger partial charge in [-0.05, 0) is 35.2 Å². The lowest BCUT2D eigenvalue weighted by Gasteiger charge is -2.38. The molecule has 4 rings (SSSR count). The maximum Gasteiger partial charge on any atom is 0.218 e. The number of carbonyl (C=O) groups is 1. The lowest BCUT2D eigenvalue weighted by molar-refractivity contribution is -0.118. The molecule has 27 heavy (non-hydrogen) atoms. The topological polar surface area (TPSA) is 75.2 Å². The quantitative estimate of drug-likeness (QED) is 0.864. The molecule has 0 saturated heterocycles. The third-order valence-corrected chi connectivity index (χ3v) is 5.09. The predicted molar refractivity (Wildman–Crippen MR) is 100 cm³/mol. The van der Waals surface area contributed by atoms with Crippen molar-refractivity contribution >= 4 is 11.7 Å². The first-order chi connectivity index (χ1) is 12.9. The van der Waals surface area contributed by atoms with Gasteiger partial charge in [0, 0.05) is 30.8 Å². The average molecular weight is 360 g/mol. The van der Waals surface area contributed by atoms with E-state index in [-0.39, 0.29) is 16.9 Å². The molecule has 0 amide bonds. The van der Waals surface area contributed by atoms with Crippen LogP contribution in [0.4, 0.5) is 0 Å². The largest absolute Gasteiger partial charge is 0.508 e. The van der Waals surface area contributed by atoms with Crippen LogP contribution in [0.2, 0.25) is 0 Å². The lowest BCUT2D eigenvalue weighted by atomic mass is 9.70. The number of aromatic nitrogens is 1. The Kier molecular flexibility index (Phi) is 3.92. The van der Waals surface area contributed by atoms with Gasteiger partial charge in [-0.2, -0.15) is 5.26 Å². The van der Waals surface area contributed by atoms with E-state index in [1.165, 1.54) is 0 Å². The molecule has 5 heteroatoms. The molecule has 136 valence electrons. The second-order valence-corrected chi connectivity index (χ2v) is 7.83. The molecule has 5 nitrogen and oxygen atoms in total. The number of allylic oxidation sites excluding steroid dienone is 3. The summed E-state index contributed by atoms with van der Waals surface area (Å²) >= 11 is 0. The van der Waals surface area contributed by atoms with Gasteiger partial charge in [0.05, 0.1) is 5.92 Å². The number of nitrogens with zero attached hydrogens (tertiary/aromatic N) is 2. The molecule has 0 spiro atoms. The highest BCUT2D eigenvalue weighted by Gasteiger charge is 2.43. The molecule has 2 heterocycles. The molecule has 1 aliphatic carbocycles. The van der Waals surface area contributed by atoms with Crippen LogP contribution in [-0.4, -0.2) is 15.5 Å². The van der Waals surface area contributed by atoms with Gasteiger partial charge in [0.15, 0.2) is 5.78 Å². The fourth-order valence-electron chi connectivity index (χ4n) is 3.90. The standard InChI is InChI=1S/C22H20N2O3/c1-22(2)11-17(26)20-18(12-22)27-21(24-9-3-4-10-24)16(13-23)19(20)14-5-7-15(25)8-6-14/h3-10,19,25H,11-12H2,1-2H3/t19-/m0/s1. The fraction of sp³-hybridized carbons (Fsp3) is 0.273. The van der Waals surface area contributed by atoms with E-state index in [0.29, 0.717) is 35.6 Å². The summed E-state index contributed by atoms with van der Waals surface area (Å²) < 4.78 is 7.91. The molecule has 1 N–H and O–H groups in total. The van der Waals surface area contributed by atoms with Gasteiger partial charge in [0.25, 0.3) is 0 Å². The minimum absolute atomic E-state index is 0.0126. The molecule has 1 aromatic carbocycles. The zero-order chi connectivity index (χ0) is 19.2. The Bertz CT molecular complexity index is 1000. The van der Waals surface area contributed by atoms with Gasteiger partial charge < -0.3 is 9.84 Å². The number of aromatic hydroxyl groups is 1. The van der Waals surface area contributed by atoms with Crippen LogP contribution in [0, 0.1) is 16.7 Å². The molecule has 1 atom stereocenters. The maximum absolute atomic E-state index is 13.0. The van der Waals surface area contributed by atoms with Crippen molar-refractivity contribution in [3.8, 4) is 11.8 Å². The van der Waals surface area contributed by atoms with E-state index < -0.39 is 5.92 Å². The van der Waals surface area contributed by atoms with Crippen LogP contribution < -0.4 is 0 Å². The number of rotatable bonds is 2. The normalized spacial score (nSPS) is 21.5. The Morgan fingerprint density at radius 3 is 2.48 bits per heavy atom. The van der Waals surface area contributed by atoms with Crippen LogP contribution in [0.3, 0.4) is 0 Å². The summed E-state index contributed by atoms with van der Waals surface area (Å²) in [4.78, 5) is 13.0. The molecule has 0 unspecified atom stereocenters. The van der Waals surface area contributed by atoms with Crippen LogP contribution in [0.25, 0.3) is 5.88 Å². The minimum atomic E-state index is -0.500. The van der Waals surface area contributed by atoms with Crippen molar-refractivity contribution in [1.82, 2.24) is 4.57 Å². The van der Waals surface area contributed by atoms with Gasteiger partial charge in [-0.1, -0.05) is 26.0 Å². The summed E-state index contributed by atoms with van der Waals surface area (Å²) in [5.41, 5.74) is 1.55. The second-order valence-electron chi connectivity index (χ2n) is 7.83. The van der Waals surface area contributed by atoms with Gasteiger partial charge in [-0.3, -0.25) is 9.36 Å². The molecule has 1 aliphatic heterocycles. The first-order valence-electron chi connectivity index (χ1n) is 8.90. The monoisotopic (exact) mass is 360 g/mol. The molecular formula is C22H20N2O3. The first-order valence-corrected chi connectivity index (χ1v) is 8.90. The number of hydrogen-bond donors (Lipinski definition) is 1. The number of ether oxygens (including phenoxy) is 1. The van der Waals surface area contributed by atoms with E-state index in [4.69, 9.17) is 4.74 Å². The third kappa shape index (κ3) is 2.93. The highest BCUT2D eigenvalue weighted by molar-refractivity contribution is 6.00. The number of phenolic OH excluding ortho intramolecular Hbond substituents is 1. The predicted octanol–water partition coefficient (Wildman–Crippen LogP) is 4.34. The summed E-state index contributed by atoms with van der Waals surface area (Å²) in [5, 5.41) is 19.6. The van der Waals surface area contributed by atoms with Gasteiger partial charge >= 0.3 is 0 Å². The van der Waals surface area contributed by atoms with Crippen LogP contribution in [0.5, 0.6) is 5.75 Å². The second kappa shape index (κ2) is 6.17. The molecule has 1 aromatic heterocycles. The lowest BCUT2D eigenvalue weighted by Crippen LogP contribution is -2.32. The van der Waals surface area contributed by atoms with Crippen molar-refractivity contribution in [2.75, 3.05) is 0 Å². The Labute approximate surface area is 157 Å². The molecule has 2 aliphatic rings. The number of phenols is 1. The smallest absolute Gasteiger partial charge is 0.218 e. The Morgan fingerprint density at radius 2 is 1.85 bits per heavy atom. The highest BCUT2D eigenvalue weighted by Crippen LogP contribution is 2.49. The zero-order valence-electron chi connectivity index (χ0n) is 15.3. The number of ketones is 1. The van der Waals surface area contributed by atoms with Crippen molar-refractivity contribution < 1.29 is 14.6 Å². The Morgan fingerprint density at radius 1 is 1.19 bits per heavy atom. The Balaban J connectivity index is 1.94. The van der Waals surface area contributed by atoms with E-state index in [1.54, 1.807) is 28.8 Å². The Hall–Kier alpha value is -3.26. The number of benzene rings is 1. The van der Waals surface area contributed by atoms with Crippen molar-refractivity contribution in [2.45, 2.75) is 32.6 Å². The van der Waals surface area contributed by atoms with Crippen molar-refractivity contribution in [1.29, 1.82) is 5.26 Å². The van der Waals surface area contributed by atoms with Crippen molar-refractivity contribution in [3.05, 3.63) is 71.3 Å². The van der Waals surface area contributed by atoms with E-state index in [0.717, 1.165) is 5.56 Å². The molecule has 0 fully saturated rings. The van der Waals surface area contributed by atoms with Crippen molar-refractivity contribution in [3.63, 3.8) is 0 Å². The van der Waals surface area contributed by atoms with E-state index in [9.17, 15) is 15.2 Å². The molecule has 0 radical (unpaired) electrons. The summed E-state index contributed by atoms with van der Waals surface area (Å²) in [5.74, 6) is 0.727. The highest BCUT2D eigenvalue weighted by atomic mass is 16.5. The minimum Gasteiger partial charge on any atom is -0.508 e. The maximum atomic E-state index is 13.0. The molecule has 2 aromatic rings. The number of hydrogen-bond acceptors (Lipinski definition) is 4. The third-order valence-electron chi connectivity index (χ3n) is 5.09. The van der Waals surface area contributed by atoms with E-state index in [2.05, 4.69) is 6.07 Å². The molecule has 0 bridgehead atoms. The average Bonchev–Trinajstić information content (AvgIpc) is 3.14.